The third kappa shape index (κ3) is 8.37. The lowest BCUT2D eigenvalue weighted by molar-refractivity contribution is -0.137. The van der Waals surface area contributed by atoms with E-state index >= 15 is 0 Å². The SMILES string of the molecule is CC(=O)O.O=C(O)CCN1C(=O)/C(=C\c2cn(-c3ccccc3)nc2-c2cccc(OCc3ccccc3F)c2)SC1=S. The van der Waals surface area contributed by atoms with Gasteiger partial charge in [0.2, 0.25) is 0 Å². The van der Waals surface area contributed by atoms with Gasteiger partial charge in [0.1, 0.15) is 28.2 Å². The summed E-state index contributed by atoms with van der Waals surface area (Å²) in [6, 6.07) is 23.3. The van der Waals surface area contributed by atoms with Crippen LogP contribution in [0, 0.1) is 5.82 Å². The number of benzene rings is 3. The fraction of sp³-hybridized carbons (Fsp3) is 0.129. The molecule has 0 atom stereocenters. The van der Waals surface area contributed by atoms with Crippen molar-refractivity contribution in [3.8, 4) is 22.7 Å². The average Bonchev–Trinajstić information content (AvgIpc) is 3.51. The first-order valence-electron chi connectivity index (χ1n) is 12.9. The molecule has 0 bridgehead atoms. The van der Waals surface area contributed by atoms with Crippen LogP contribution in [-0.4, -0.2) is 53.6 Å². The lowest BCUT2D eigenvalue weighted by atomic mass is 10.1. The summed E-state index contributed by atoms with van der Waals surface area (Å²) in [5.41, 5.74) is 3.29. The topological polar surface area (TPSA) is 122 Å². The van der Waals surface area contributed by atoms with Gasteiger partial charge in [0.15, 0.2) is 0 Å². The number of carboxylic acid groups (broad SMARTS) is 2. The minimum atomic E-state index is -1.00. The number of aromatic nitrogens is 2. The van der Waals surface area contributed by atoms with Crippen LogP contribution >= 0.6 is 24.0 Å². The number of hydrogen-bond acceptors (Lipinski definition) is 7. The van der Waals surface area contributed by atoms with Gasteiger partial charge in [-0.25, -0.2) is 9.07 Å². The van der Waals surface area contributed by atoms with Crippen molar-refractivity contribution in [1.82, 2.24) is 14.7 Å². The number of aliphatic carboxylic acids is 2. The highest BCUT2D eigenvalue weighted by molar-refractivity contribution is 8.26. The molecule has 0 aliphatic carbocycles. The minimum Gasteiger partial charge on any atom is -0.489 e. The van der Waals surface area contributed by atoms with Crippen molar-refractivity contribution >= 4 is 52.2 Å². The zero-order chi connectivity index (χ0) is 30.9. The van der Waals surface area contributed by atoms with E-state index in [1.54, 1.807) is 35.0 Å². The van der Waals surface area contributed by atoms with Crippen LogP contribution in [0.3, 0.4) is 0 Å². The van der Waals surface area contributed by atoms with Crippen LogP contribution in [0.5, 0.6) is 5.75 Å². The normalized spacial score (nSPS) is 13.5. The molecular formula is C31H26FN3O6S2. The molecule has 5 rings (SSSR count). The van der Waals surface area contributed by atoms with Crippen LogP contribution in [0.2, 0.25) is 0 Å². The maximum Gasteiger partial charge on any atom is 0.305 e. The molecule has 43 heavy (non-hydrogen) atoms. The summed E-state index contributed by atoms with van der Waals surface area (Å²) in [7, 11) is 0. The first-order valence-corrected chi connectivity index (χ1v) is 14.1. The van der Waals surface area contributed by atoms with E-state index < -0.39 is 11.9 Å². The maximum absolute atomic E-state index is 14.1. The molecule has 1 fully saturated rings. The molecule has 9 nitrogen and oxygen atoms in total. The molecule has 12 heteroatoms. The quantitative estimate of drug-likeness (QED) is 0.171. The van der Waals surface area contributed by atoms with Gasteiger partial charge in [-0.15, -0.1) is 0 Å². The number of ether oxygens (including phenoxy) is 1. The van der Waals surface area contributed by atoms with E-state index in [0.717, 1.165) is 29.9 Å². The van der Waals surface area contributed by atoms with Gasteiger partial charge in [0.25, 0.3) is 11.9 Å². The second-order valence-electron chi connectivity index (χ2n) is 9.12. The van der Waals surface area contributed by atoms with E-state index in [-0.39, 0.29) is 31.3 Å². The van der Waals surface area contributed by atoms with E-state index in [9.17, 15) is 14.0 Å². The number of carbonyl (C=O) groups excluding carboxylic acids is 1. The molecular weight excluding hydrogens is 593 g/mol. The molecule has 2 N–H and O–H groups in total. The van der Waals surface area contributed by atoms with Crippen LogP contribution in [0.1, 0.15) is 24.5 Å². The van der Waals surface area contributed by atoms with Gasteiger partial charge in [0, 0.05) is 36.4 Å². The molecule has 1 saturated heterocycles. The summed E-state index contributed by atoms with van der Waals surface area (Å²) in [6.07, 6.45) is 3.34. The molecule has 0 saturated carbocycles. The van der Waals surface area contributed by atoms with Crippen molar-refractivity contribution in [3.05, 3.63) is 107 Å². The molecule has 0 spiro atoms. The standard InChI is InChI=1S/C29H22FN3O4S2.C2H4O2/c30-24-12-5-4-7-20(24)18-37-23-11-6-8-19(15-23)27-21(17-33(31-27)22-9-2-1-3-10-22)16-25-28(36)32(29(38)39-25)14-13-26(34)35;1-2(3)4/h1-12,15-17H,13-14,18H2,(H,34,35);1H3,(H,3,4)/b25-16+;. The van der Waals surface area contributed by atoms with Crippen LogP contribution < -0.4 is 4.74 Å². The van der Waals surface area contributed by atoms with Gasteiger partial charge in [-0.1, -0.05) is 72.5 Å². The first-order chi connectivity index (χ1) is 20.6. The minimum absolute atomic E-state index is 0.00880. The van der Waals surface area contributed by atoms with E-state index in [1.807, 2.05) is 54.7 Å². The Bertz CT molecular complexity index is 1690. The summed E-state index contributed by atoms with van der Waals surface area (Å²) >= 11 is 6.46. The Morgan fingerprint density at radius 2 is 1.74 bits per heavy atom. The lowest BCUT2D eigenvalue weighted by Crippen LogP contribution is -2.30. The molecule has 220 valence electrons. The number of para-hydroxylation sites is 1. The largest absolute Gasteiger partial charge is 0.489 e. The zero-order valence-corrected chi connectivity index (χ0v) is 24.5. The molecule has 0 radical (unpaired) electrons. The Labute approximate surface area is 256 Å². The molecule has 0 unspecified atom stereocenters. The number of nitrogens with zero attached hydrogens (tertiary/aromatic N) is 3. The highest BCUT2D eigenvalue weighted by atomic mass is 32.2. The summed E-state index contributed by atoms with van der Waals surface area (Å²) in [4.78, 5) is 34.7. The van der Waals surface area contributed by atoms with Crippen molar-refractivity contribution in [1.29, 1.82) is 0 Å². The van der Waals surface area contributed by atoms with Crippen molar-refractivity contribution in [3.63, 3.8) is 0 Å². The van der Waals surface area contributed by atoms with Gasteiger partial charge in [-0.05, 0) is 36.4 Å². The summed E-state index contributed by atoms with van der Waals surface area (Å²) in [6.45, 7) is 1.16. The van der Waals surface area contributed by atoms with Gasteiger partial charge in [-0.3, -0.25) is 19.3 Å². The molecule has 3 aromatic carbocycles. The predicted octanol–water partition coefficient (Wildman–Crippen LogP) is 6.02. The summed E-state index contributed by atoms with van der Waals surface area (Å²) in [5.74, 6) is -1.97. The fourth-order valence-electron chi connectivity index (χ4n) is 3.98. The number of hydrogen-bond donors (Lipinski definition) is 2. The number of thioether (sulfide) groups is 1. The number of amides is 1. The number of carbonyl (C=O) groups is 3. The van der Waals surface area contributed by atoms with Gasteiger partial charge in [0.05, 0.1) is 17.0 Å². The van der Waals surface area contributed by atoms with E-state index in [2.05, 4.69) is 0 Å². The third-order valence-electron chi connectivity index (χ3n) is 5.93. The molecule has 1 aliphatic rings. The predicted molar refractivity (Wildman–Crippen MR) is 165 cm³/mol. The van der Waals surface area contributed by atoms with Crippen LogP contribution in [0.4, 0.5) is 4.39 Å². The number of rotatable bonds is 9. The highest BCUT2D eigenvalue weighted by Crippen LogP contribution is 2.35. The monoisotopic (exact) mass is 619 g/mol. The van der Waals surface area contributed by atoms with Crippen molar-refractivity contribution in [2.45, 2.75) is 20.0 Å². The fourth-order valence-corrected chi connectivity index (χ4v) is 5.28. The second-order valence-corrected chi connectivity index (χ2v) is 10.8. The summed E-state index contributed by atoms with van der Waals surface area (Å²) < 4.78 is 22.0. The van der Waals surface area contributed by atoms with Crippen molar-refractivity contribution in [2.24, 2.45) is 0 Å². The highest BCUT2D eigenvalue weighted by Gasteiger charge is 2.32. The smallest absolute Gasteiger partial charge is 0.305 e. The average molecular weight is 620 g/mol. The number of thiocarbonyl (C=S) groups is 1. The Morgan fingerprint density at radius 3 is 2.44 bits per heavy atom. The van der Waals surface area contributed by atoms with Crippen LogP contribution in [0.25, 0.3) is 23.0 Å². The lowest BCUT2D eigenvalue weighted by Gasteiger charge is -2.12. The molecule has 4 aromatic rings. The molecule has 1 amide bonds. The third-order valence-corrected chi connectivity index (χ3v) is 7.31. The molecule has 1 aliphatic heterocycles. The zero-order valence-electron chi connectivity index (χ0n) is 22.8. The number of carboxylic acids is 2. The Morgan fingerprint density at radius 1 is 1.05 bits per heavy atom. The first kappa shape index (κ1) is 31.1. The van der Waals surface area contributed by atoms with Crippen molar-refractivity contribution in [2.75, 3.05) is 6.54 Å². The Hall–Kier alpha value is -4.81. The maximum atomic E-state index is 14.1. The van der Waals surface area contributed by atoms with Gasteiger partial charge < -0.3 is 14.9 Å². The number of halogens is 1. The van der Waals surface area contributed by atoms with E-state index in [0.29, 0.717) is 31.8 Å². The Balaban J connectivity index is 0.000000996. The van der Waals surface area contributed by atoms with Crippen LogP contribution in [-0.2, 0) is 21.0 Å². The van der Waals surface area contributed by atoms with Crippen LogP contribution in [0.15, 0.2) is 90.0 Å². The van der Waals surface area contributed by atoms with Gasteiger partial charge in [-0.2, -0.15) is 5.10 Å². The Kier molecular flexibility index (Phi) is 10.4. The van der Waals surface area contributed by atoms with E-state index in [4.69, 9.17) is 37.1 Å². The molecule has 2 heterocycles. The van der Waals surface area contributed by atoms with E-state index in [1.165, 1.54) is 11.0 Å². The molecule has 1 aromatic heterocycles. The second kappa shape index (κ2) is 14.4. The van der Waals surface area contributed by atoms with Crippen molar-refractivity contribution < 1.29 is 33.7 Å². The summed E-state index contributed by atoms with van der Waals surface area (Å²) in [5, 5.41) is 21.2. The van der Waals surface area contributed by atoms with Gasteiger partial charge >= 0.3 is 5.97 Å².